The third-order valence-electron chi connectivity index (χ3n) is 2.66. The van der Waals surface area contributed by atoms with Crippen molar-refractivity contribution < 1.29 is 12.8 Å². The second-order valence-electron chi connectivity index (χ2n) is 4.06. The van der Waals surface area contributed by atoms with Crippen molar-refractivity contribution in [2.75, 3.05) is 6.26 Å². The van der Waals surface area contributed by atoms with E-state index < -0.39 is 25.7 Å². The number of aryl methyl sites for hydroxylation is 1. The lowest BCUT2D eigenvalue weighted by atomic mass is 10.1. The summed E-state index contributed by atoms with van der Waals surface area (Å²) in [6, 6.07) is 2.77. The summed E-state index contributed by atoms with van der Waals surface area (Å²) in [5, 5.41) is -0.407. The molecule has 1 aromatic carbocycles. The van der Waals surface area contributed by atoms with E-state index in [1.54, 1.807) is 19.9 Å². The van der Waals surface area contributed by atoms with E-state index in [1.165, 1.54) is 6.07 Å². The molecule has 0 aliphatic rings. The monoisotopic (exact) mass is 342 g/mol. The molecule has 1 rings (SSSR count). The summed E-state index contributed by atoms with van der Waals surface area (Å²) in [7, 11) is -3.19. The van der Waals surface area contributed by atoms with Crippen LogP contribution in [-0.4, -0.2) is 19.9 Å². The van der Waals surface area contributed by atoms with Crippen LogP contribution in [0.4, 0.5) is 4.39 Å². The quantitative estimate of drug-likeness (QED) is 0.785. The molecule has 0 N–H and O–H groups in total. The van der Waals surface area contributed by atoms with Crippen LogP contribution >= 0.6 is 27.5 Å². The molecule has 0 aromatic heterocycles. The number of halogens is 3. The summed E-state index contributed by atoms with van der Waals surface area (Å²) in [4.78, 5) is -0.454. The first kappa shape index (κ1) is 14.9. The summed E-state index contributed by atoms with van der Waals surface area (Å²) in [5.41, 5.74) is 1.03. The summed E-state index contributed by atoms with van der Waals surface area (Å²) in [5.74, 6) is -0.398. The zero-order valence-corrected chi connectivity index (χ0v) is 12.8. The molecule has 0 saturated heterocycles. The average Bonchev–Trinajstić information content (AvgIpc) is 2.20. The number of benzene rings is 1. The van der Waals surface area contributed by atoms with Crippen LogP contribution in [0.5, 0.6) is 0 Å². The Bertz CT molecular complexity index is 531. The number of hydrogen-bond donors (Lipinski definition) is 0. The van der Waals surface area contributed by atoms with Gasteiger partial charge in [-0.05, 0) is 31.0 Å². The molecule has 17 heavy (non-hydrogen) atoms. The number of sulfone groups is 1. The molecular formula is C11H13BrClFO2S. The van der Waals surface area contributed by atoms with Gasteiger partial charge in [-0.2, -0.15) is 0 Å². The Hall–Kier alpha value is -0.130. The van der Waals surface area contributed by atoms with E-state index in [4.69, 9.17) is 11.6 Å². The van der Waals surface area contributed by atoms with Gasteiger partial charge in [-0.3, -0.25) is 0 Å². The Labute approximate surface area is 114 Å². The van der Waals surface area contributed by atoms with Crippen molar-refractivity contribution in [3.05, 3.63) is 34.1 Å². The van der Waals surface area contributed by atoms with Crippen LogP contribution in [0.3, 0.4) is 0 Å². The first-order valence-electron chi connectivity index (χ1n) is 4.93. The van der Waals surface area contributed by atoms with Crippen molar-refractivity contribution in [2.45, 2.75) is 23.9 Å². The molecule has 0 amide bonds. The predicted octanol–water partition coefficient (Wildman–Crippen LogP) is 3.66. The Balaban J connectivity index is 3.22. The van der Waals surface area contributed by atoms with E-state index in [0.717, 1.165) is 6.26 Å². The molecule has 1 aromatic rings. The van der Waals surface area contributed by atoms with Crippen molar-refractivity contribution in [2.24, 2.45) is 0 Å². The minimum atomic E-state index is -3.19. The van der Waals surface area contributed by atoms with Gasteiger partial charge >= 0.3 is 0 Å². The zero-order valence-electron chi connectivity index (χ0n) is 9.67. The standard InChI is InChI=1S/C11H13BrClFO2S/c1-6-4-8(9(13)5-10(6)14)11(12)7(2)17(3,15)16/h4-5,7,11H,1-3H3. The third-order valence-corrected chi connectivity index (χ3v) is 6.25. The molecule has 2 atom stereocenters. The largest absolute Gasteiger partial charge is 0.229 e. The van der Waals surface area contributed by atoms with Crippen molar-refractivity contribution in [1.82, 2.24) is 0 Å². The lowest BCUT2D eigenvalue weighted by Gasteiger charge is -2.19. The van der Waals surface area contributed by atoms with Gasteiger partial charge in [0.25, 0.3) is 0 Å². The van der Waals surface area contributed by atoms with Gasteiger partial charge in [0.2, 0.25) is 0 Å². The maximum atomic E-state index is 13.2. The first-order chi connectivity index (χ1) is 7.64. The molecule has 6 heteroatoms. The van der Waals surface area contributed by atoms with Gasteiger partial charge in [0.15, 0.2) is 9.84 Å². The Morgan fingerprint density at radius 3 is 2.41 bits per heavy atom. The van der Waals surface area contributed by atoms with E-state index >= 15 is 0 Å². The fourth-order valence-corrected chi connectivity index (χ4v) is 3.90. The molecule has 2 unspecified atom stereocenters. The van der Waals surface area contributed by atoms with Crippen LogP contribution in [-0.2, 0) is 9.84 Å². The van der Waals surface area contributed by atoms with Crippen LogP contribution in [0.1, 0.15) is 22.9 Å². The molecule has 0 saturated carbocycles. The fraction of sp³-hybridized carbons (Fsp3) is 0.455. The van der Waals surface area contributed by atoms with Gasteiger partial charge in [0, 0.05) is 11.3 Å². The molecule has 0 aliphatic carbocycles. The minimum absolute atomic E-state index is 0.227. The Kier molecular flexibility index (Phi) is 4.60. The SMILES string of the molecule is Cc1cc(C(Br)C(C)S(C)(=O)=O)c(Cl)cc1F. The van der Waals surface area contributed by atoms with Crippen LogP contribution in [0, 0.1) is 12.7 Å². The second-order valence-corrected chi connectivity index (χ2v) is 7.86. The summed E-state index contributed by atoms with van der Waals surface area (Å²) < 4.78 is 36.2. The lowest BCUT2D eigenvalue weighted by molar-refractivity contribution is 0.588. The molecule has 96 valence electrons. The summed E-state index contributed by atoms with van der Waals surface area (Å²) in [6.45, 7) is 3.20. The van der Waals surface area contributed by atoms with Gasteiger partial charge < -0.3 is 0 Å². The van der Waals surface area contributed by atoms with Crippen molar-refractivity contribution >= 4 is 37.4 Å². The predicted molar refractivity (Wildman–Crippen MR) is 72.1 cm³/mol. The fourth-order valence-electron chi connectivity index (χ4n) is 1.36. The van der Waals surface area contributed by atoms with Gasteiger partial charge in [-0.1, -0.05) is 33.6 Å². The topological polar surface area (TPSA) is 34.1 Å². The highest BCUT2D eigenvalue weighted by molar-refractivity contribution is 9.09. The third kappa shape index (κ3) is 3.42. The van der Waals surface area contributed by atoms with Crippen LogP contribution < -0.4 is 0 Å². The smallest absolute Gasteiger partial charge is 0.151 e. The van der Waals surface area contributed by atoms with Crippen LogP contribution in [0.2, 0.25) is 5.02 Å². The molecule has 0 radical (unpaired) electrons. The van der Waals surface area contributed by atoms with Crippen molar-refractivity contribution in [1.29, 1.82) is 0 Å². The summed E-state index contributed by atoms with van der Waals surface area (Å²) >= 11 is 9.24. The van der Waals surface area contributed by atoms with Gasteiger partial charge in [0.1, 0.15) is 5.82 Å². The van der Waals surface area contributed by atoms with E-state index in [1.807, 2.05) is 0 Å². The van der Waals surface area contributed by atoms with Gasteiger partial charge in [0.05, 0.1) is 10.1 Å². The van der Waals surface area contributed by atoms with E-state index in [9.17, 15) is 12.8 Å². The molecule has 0 heterocycles. The Morgan fingerprint density at radius 2 is 1.94 bits per heavy atom. The number of alkyl halides is 1. The van der Waals surface area contributed by atoms with Crippen LogP contribution in [0.15, 0.2) is 12.1 Å². The van der Waals surface area contributed by atoms with Crippen molar-refractivity contribution in [3.8, 4) is 0 Å². The van der Waals surface area contributed by atoms with Crippen LogP contribution in [0.25, 0.3) is 0 Å². The average molecular weight is 344 g/mol. The zero-order chi connectivity index (χ0) is 13.4. The molecule has 0 bridgehead atoms. The normalized spacial score (nSPS) is 15.6. The highest BCUT2D eigenvalue weighted by Crippen LogP contribution is 2.36. The molecule has 0 fully saturated rings. The second kappa shape index (κ2) is 5.24. The highest BCUT2D eigenvalue weighted by Gasteiger charge is 2.27. The lowest BCUT2D eigenvalue weighted by Crippen LogP contribution is -2.21. The van der Waals surface area contributed by atoms with E-state index in [2.05, 4.69) is 15.9 Å². The molecule has 2 nitrogen and oxygen atoms in total. The molecule has 0 spiro atoms. The van der Waals surface area contributed by atoms with Crippen molar-refractivity contribution in [3.63, 3.8) is 0 Å². The maximum Gasteiger partial charge on any atom is 0.151 e. The van der Waals surface area contributed by atoms with Gasteiger partial charge in [-0.25, -0.2) is 12.8 Å². The first-order valence-corrected chi connectivity index (χ1v) is 8.18. The summed E-state index contributed by atoms with van der Waals surface area (Å²) in [6.07, 6.45) is 1.16. The van der Waals surface area contributed by atoms with E-state index in [-0.39, 0.29) is 5.02 Å². The van der Waals surface area contributed by atoms with E-state index in [0.29, 0.717) is 11.1 Å². The molecule has 0 aliphatic heterocycles. The molecular weight excluding hydrogens is 331 g/mol. The maximum absolute atomic E-state index is 13.2. The Morgan fingerprint density at radius 1 is 1.41 bits per heavy atom. The highest BCUT2D eigenvalue weighted by atomic mass is 79.9. The van der Waals surface area contributed by atoms with Gasteiger partial charge in [-0.15, -0.1) is 0 Å². The minimum Gasteiger partial charge on any atom is -0.229 e. The number of rotatable bonds is 3. The number of hydrogen-bond acceptors (Lipinski definition) is 2.